The molecule has 0 atom stereocenters. The van der Waals surface area contributed by atoms with E-state index in [4.69, 9.17) is 27.2 Å². The molecule has 0 aliphatic rings. The van der Waals surface area contributed by atoms with Crippen LogP contribution in [0.15, 0.2) is 30.3 Å². The van der Waals surface area contributed by atoms with Gasteiger partial charge in [-0.2, -0.15) is 0 Å². The third kappa shape index (κ3) is 2.83. The second kappa shape index (κ2) is 5.38. The van der Waals surface area contributed by atoms with Gasteiger partial charge in [0.25, 0.3) is 0 Å². The molecule has 2 aromatic rings. The van der Waals surface area contributed by atoms with Gasteiger partial charge in [-0.1, -0.05) is 17.7 Å². The van der Waals surface area contributed by atoms with E-state index in [0.717, 1.165) is 6.07 Å². The van der Waals surface area contributed by atoms with Crippen molar-refractivity contribution < 1.29 is 19.0 Å². The monoisotopic (exact) mass is 295 g/mol. The molecule has 0 amide bonds. The van der Waals surface area contributed by atoms with E-state index in [2.05, 4.69) is 0 Å². The summed E-state index contributed by atoms with van der Waals surface area (Å²) in [5.74, 6) is -1.60. The predicted molar refractivity (Wildman–Crippen MR) is 74.0 cm³/mol. The lowest BCUT2D eigenvalue weighted by Crippen LogP contribution is -2.02. The molecule has 0 unspecified atom stereocenters. The summed E-state index contributed by atoms with van der Waals surface area (Å²) in [7, 11) is 0. The van der Waals surface area contributed by atoms with E-state index in [1.807, 2.05) is 0 Å². The van der Waals surface area contributed by atoms with E-state index in [-0.39, 0.29) is 27.8 Å². The second-order valence-electron chi connectivity index (χ2n) is 4.20. The summed E-state index contributed by atoms with van der Waals surface area (Å²) in [6.45, 7) is 1.61. The molecule has 3 N–H and O–H groups in total. The van der Waals surface area contributed by atoms with Gasteiger partial charge in [-0.05, 0) is 30.7 Å². The van der Waals surface area contributed by atoms with Gasteiger partial charge >= 0.3 is 5.97 Å². The Kier molecular flexibility index (Phi) is 3.81. The number of nitrogen functional groups attached to an aromatic ring is 1. The molecule has 20 heavy (non-hydrogen) atoms. The highest BCUT2D eigenvalue weighted by molar-refractivity contribution is 6.33. The van der Waals surface area contributed by atoms with Crippen LogP contribution in [0.2, 0.25) is 5.02 Å². The minimum atomic E-state index is -1.23. The van der Waals surface area contributed by atoms with Crippen LogP contribution in [0, 0.1) is 12.7 Å². The maximum absolute atomic E-state index is 13.5. The van der Waals surface area contributed by atoms with Gasteiger partial charge in [0, 0.05) is 11.8 Å². The number of aromatic carboxylic acids is 1. The molecule has 0 fully saturated rings. The number of ether oxygens (including phenoxy) is 1. The molecule has 0 radical (unpaired) electrons. The Bertz CT molecular complexity index is 688. The highest BCUT2D eigenvalue weighted by Gasteiger charge is 2.17. The molecular formula is C14H11ClFNO3. The van der Waals surface area contributed by atoms with Gasteiger partial charge in [-0.15, -0.1) is 0 Å². The fourth-order valence-corrected chi connectivity index (χ4v) is 1.90. The number of benzene rings is 2. The van der Waals surface area contributed by atoms with Crippen molar-refractivity contribution in [3.8, 4) is 11.5 Å². The normalized spacial score (nSPS) is 10.3. The number of hydrogen-bond acceptors (Lipinski definition) is 3. The molecule has 0 spiro atoms. The average Bonchev–Trinajstić information content (AvgIpc) is 2.36. The zero-order valence-electron chi connectivity index (χ0n) is 10.5. The second-order valence-corrected chi connectivity index (χ2v) is 4.60. The molecule has 0 aliphatic heterocycles. The maximum Gasteiger partial charge on any atom is 0.339 e. The number of nitrogens with two attached hydrogens (primary N) is 1. The molecule has 6 heteroatoms. The Morgan fingerprint density at radius 2 is 2.05 bits per heavy atom. The van der Waals surface area contributed by atoms with E-state index in [1.165, 1.54) is 24.3 Å². The minimum Gasteiger partial charge on any atom is -0.478 e. The first-order valence-corrected chi connectivity index (χ1v) is 6.02. The van der Waals surface area contributed by atoms with Crippen LogP contribution in [0.1, 0.15) is 15.9 Å². The van der Waals surface area contributed by atoms with E-state index in [1.54, 1.807) is 6.92 Å². The number of carboxylic acids is 1. The number of rotatable bonds is 3. The number of aryl methyl sites for hydroxylation is 1. The Morgan fingerprint density at radius 1 is 1.35 bits per heavy atom. The van der Waals surface area contributed by atoms with Crippen molar-refractivity contribution in [2.45, 2.75) is 6.92 Å². The quantitative estimate of drug-likeness (QED) is 0.843. The first kappa shape index (κ1) is 14.1. The lowest BCUT2D eigenvalue weighted by molar-refractivity contribution is 0.0694. The van der Waals surface area contributed by atoms with Gasteiger partial charge in [0.15, 0.2) is 5.75 Å². The lowest BCUT2D eigenvalue weighted by Gasteiger charge is -2.12. The highest BCUT2D eigenvalue weighted by Crippen LogP contribution is 2.35. The summed E-state index contributed by atoms with van der Waals surface area (Å²) in [5.41, 5.74) is 6.02. The van der Waals surface area contributed by atoms with E-state index in [9.17, 15) is 9.18 Å². The fraction of sp³-hybridized carbons (Fsp3) is 0.0714. The van der Waals surface area contributed by atoms with Crippen LogP contribution >= 0.6 is 11.6 Å². The molecule has 0 heterocycles. The van der Waals surface area contributed by atoms with Crippen LogP contribution in [-0.4, -0.2) is 11.1 Å². The van der Waals surface area contributed by atoms with Gasteiger partial charge in [0.05, 0.1) is 5.02 Å². The summed E-state index contributed by atoms with van der Waals surface area (Å²) in [6.07, 6.45) is 0. The molecule has 2 rings (SSSR count). The molecule has 2 aromatic carbocycles. The number of anilines is 1. The lowest BCUT2D eigenvalue weighted by atomic mass is 10.1. The Morgan fingerprint density at radius 3 is 2.65 bits per heavy atom. The number of carbonyl (C=O) groups is 1. The number of hydrogen-bond donors (Lipinski definition) is 2. The van der Waals surface area contributed by atoms with Crippen LogP contribution < -0.4 is 10.5 Å². The highest BCUT2D eigenvalue weighted by atomic mass is 35.5. The molecule has 0 aromatic heterocycles. The standard InChI is InChI=1S/C14H11ClFNO3/c1-7-2-3-9(6-12(7)16)20-13-10(14(18)19)4-8(17)5-11(13)15/h2-6H,17H2,1H3,(H,18,19). The van der Waals surface area contributed by atoms with Crippen molar-refractivity contribution in [1.82, 2.24) is 0 Å². The van der Waals surface area contributed by atoms with Gasteiger partial charge in [-0.3, -0.25) is 0 Å². The minimum absolute atomic E-state index is 0.0448. The molecule has 104 valence electrons. The fourth-order valence-electron chi connectivity index (χ4n) is 1.63. The van der Waals surface area contributed by atoms with Crippen molar-refractivity contribution >= 4 is 23.3 Å². The van der Waals surface area contributed by atoms with Gasteiger partial charge in [-0.25, -0.2) is 9.18 Å². The summed E-state index contributed by atoms with van der Waals surface area (Å²) in [6, 6.07) is 6.81. The Balaban J connectivity index is 2.47. The number of carboxylic acid groups (broad SMARTS) is 1. The Hall–Kier alpha value is -2.27. The van der Waals surface area contributed by atoms with Crippen molar-refractivity contribution in [2.24, 2.45) is 0 Å². The van der Waals surface area contributed by atoms with Crippen molar-refractivity contribution in [1.29, 1.82) is 0 Å². The Labute approximate surface area is 119 Å². The predicted octanol–water partition coefficient (Wildman–Crippen LogP) is 3.86. The number of halogens is 2. The average molecular weight is 296 g/mol. The van der Waals surface area contributed by atoms with E-state index < -0.39 is 11.8 Å². The first-order chi connectivity index (χ1) is 9.38. The zero-order valence-corrected chi connectivity index (χ0v) is 11.2. The SMILES string of the molecule is Cc1ccc(Oc2c(Cl)cc(N)cc2C(=O)O)cc1F. The molecular weight excluding hydrogens is 285 g/mol. The van der Waals surface area contributed by atoms with Gasteiger partial charge in [0.2, 0.25) is 0 Å². The molecule has 4 nitrogen and oxygen atoms in total. The molecule has 0 saturated heterocycles. The first-order valence-electron chi connectivity index (χ1n) is 5.65. The van der Waals surface area contributed by atoms with Crippen LogP contribution in [0.4, 0.5) is 10.1 Å². The summed E-state index contributed by atoms with van der Waals surface area (Å²) >= 11 is 5.94. The molecule has 0 saturated carbocycles. The third-order valence-corrected chi connectivity index (χ3v) is 2.94. The van der Waals surface area contributed by atoms with Crippen molar-refractivity contribution in [3.05, 3.63) is 52.3 Å². The van der Waals surface area contributed by atoms with Crippen LogP contribution in [0.3, 0.4) is 0 Å². The van der Waals surface area contributed by atoms with Crippen LogP contribution in [-0.2, 0) is 0 Å². The smallest absolute Gasteiger partial charge is 0.339 e. The van der Waals surface area contributed by atoms with Gasteiger partial charge < -0.3 is 15.6 Å². The van der Waals surface area contributed by atoms with Crippen LogP contribution in [0.25, 0.3) is 0 Å². The largest absolute Gasteiger partial charge is 0.478 e. The maximum atomic E-state index is 13.5. The summed E-state index contributed by atoms with van der Waals surface area (Å²) in [4.78, 5) is 11.2. The van der Waals surface area contributed by atoms with Crippen molar-refractivity contribution in [2.75, 3.05) is 5.73 Å². The van der Waals surface area contributed by atoms with Crippen molar-refractivity contribution in [3.63, 3.8) is 0 Å². The van der Waals surface area contributed by atoms with E-state index in [0.29, 0.717) is 5.56 Å². The zero-order chi connectivity index (χ0) is 14.9. The van der Waals surface area contributed by atoms with Crippen LogP contribution in [0.5, 0.6) is 11.5 Å². The summed E-state index contributed by atoms with van der Waals surface area (Å²) in [5, 5.41) is 9.17. The summed E-state index contributed by atoms with van der Waals surface area (Å²) < 4.78 is 18.8. The van der Waals surface area contributed by atoms with E-state index >= 15 is 0 Å². The van der Waals surface area contributed by atoms with Gasteiger partial charge in [0.1, 0.15) is 17.1 Å². The molecule has 0 bridgehead atoms. The molecule has 0 aliphatic carbocycles. The third-order valence-electron chi connectivity index (χ3n) is 2.66. The topological polar surface area (TPSA) is 72.5 Å².